The highest BCUT2D eigenvalue weighted by Crippen LogP contribution is 2.30. The smallest absolute Gasteiger partial charge is 0.125 e. The molecule has 0 radical (unpaired) electrons. The summed E-state index contributed by atoms with van der Waals surface area (Å²) in [5.41, 5.74) is 3.63. The molecule has 3 rings (SSSR count). The summed E-state index contributed by atoms with van der Waals surface area (Å²) in [6.45, 7) is 0.801. The fraction of sp³-hybridized carbons (Fsp3) is 0.214. The zero-order valence-electron chi connectivity index (χ0n) is 9.73. The van der Waals surface area contributed by atoms with Gasteiger partial charge in [0.05, 0.1) is 6.61 Å². The van der Waals surface area contributed by atoms with E-state index in [1.165, 1.54) is 11.1 Å². The monoisotopic (exact) mass is 226 g/mol. The Morgan fingerprint density at radius 3 is 2.82 bits per heavy atom. The Morgan fingerprint density at radius 2 is 2.06 bits per heavy atom. The van der Waals surface area contributed by atoms with E-state index in [-0.39, 0.29) is 0 Å². The largest absolute Gasteiger partial charge is 0.493 e. The van der Waals surface area contributed by atoms with Crippen molar-refractivity contribution in [1.82, 2.24) is 4.98 Å². The summed E-state index contributed by atoms with van der Waals surface area (Å²) in [6, 6.07) is 10.4. The molecule has 0 aliphatic carbocycles. The normalized spacial score (nSPS) is 13.0. The van der Waals surface area contributed by atoms with Gasteiger partial charge in [-0.15, -0.1) is 0 Å². The number of fused-ring (bicyclic) bond motifs is 1. The molecule has 1 N–H and O–H groups in total. The first kappa shape index (κ1) is 10.1. The first-order chi connectivity index (χ1) is 8.36. The number of rotatable bonds is 2. The summed E-state index contributed by atoms with van der Waals surface area (Å²) in [7, 11) is 1.87. The maximum atomic E-state index is 5.50. The van der Waals surface area contributed by atoms with E-state index >= 15 is 0 Å². The van der Waals surface area contributed by atoms with Gasteiger partial charge in [-0.05, 0) is 35.4 Å². The molecular weight excluding hydrogens is 212 g/mol. The van der Waals surface area contributed by atoms with Crippen LogP contribution in [0.25, 0.3) is 11.1 Å². The van der Waals surface area contributed by atoms with E-state index in [1.807, 2.05) is 25.4 Å². The highest BCUT2D eigenvalue weighted by molar-refractivity contribution is 5.66. The molecule has 0 fully saturated rings. The van der Waals surface area contributed by atoms with Gasteiger partial charge in [0.15, 0.2) is 0 Å². The van der Waals surface area contributed by atoms with E-state index < -0.39 is 0 Å². The fourth-order valence-electron chi connectivity index (χ4n) is 2.08. The van der Waals surface area contributed by atoms with E-state index in [4.69, 9.17) is 4.74 Å². The number of anilines is 1. The minimum atomic E-state index is 0.801. The second-order valence-corrected chi connectivity index (χ2v) is 4.10. The van der Waals surface area contributed by atoms with Gasteiger partial charge in [0, 0.05) is 25.2 Å². The van der Waals surface area contributed by atoms with Crippen molar-refractivity contribution in [2.24, 2.45) is 0 Å². The Hall–Kier alpha value is -2.03. The molecule has 0 bridgehead atoms. The van der Waals surface area contributed by atoms with Gasteiger partial charge in [0.1, 0.15) is 11.6 Å². The standard InChI is InChI=1S/C14H14N2O/c1-15-14-5-3-12(9-16-14)10-2-4-13-11(8-10)6-7-17-13/h2-5,8-9H,6-7H2,1H3,(H,15,16). The number of nitrogens with one attached hydrogen (secondary N) is 1. The van der Waals surface area contributed by atoms with E-state index in [0.29, 0.717) is 0 Å². The van der Waals surface area contributed by atoms with Crippen LogP contribution < -0.4 is 10.1 Å². The lowest BCUT2D eigenvalue weighted by atomic mass is 10.0. The molecule has 3 heteroatoms. The molecular formula is C14H14N2O. The number of benzene rings is 1. The predicted molar refractivity (Wildman–Crippen MR) is 68.4 cm³/mol. The quantitative estimate of drug-likeness (QED) is 0.855. The number of hydrogen-bond donors (Lipinski definition) is 1. The lowest BCUT2D eigenvalue weighted by Crippen LogP contribution is -1.91. The van der Waals surface area contributed by atoms with Gasteiger partial charge >= 0.3 is 0 Å². The van der Waals surface area contributed by atoms with Gasteiger partial charge in [-0.25, -0.2) is 4.98 Å². The SMILES string of the molecule is CNc1ccc(-c2ccc3c(c2)CCO3)cn1. The van der Waals surface area contributed by atoms with Crippen molar-refractivity contribution in [2.45, 2.75) is 6.42 Å². The molecule has 1 aliphatic rings. The third-order valence-corrected chi connectivity index (χ3v) is 3.04. The van der Waals surface area contributed by atoms with Gasteiger partial charge in [0.2, 0.25) is 0 Å². The van der Waals surface area contributed by atoms with Crippen LogP contribution in [0.2, 0.25) is 0 Å². The maximum absolute atomic E-state index is 5.50. The summed E-state index contributed by atoms with van der Waals surface area (Å²) in [4.78, 5) is 4.32. The van der Waals surface area contributed by atoms with Crippen molar-refractivity contribution in [3.05, 3.63) is 42.1 Å². The van der Waals surface area contributed by atoms with Crippen molar-refractivity contribution in [2.75, 3.05) is 19.0 Å². The third kappa shape index (κ3) is 1.84. The Balaban J connectivity index is 1.97. The molecule has 0 atom stereocenters. The predicted octanol–water partition coefficient (Wildman–Crippen LogP) is 2.73. The Kier molecular flexibility index (Phi) is 2.44. The Morgan fingerprint density at radius 1 is 1.18 bits per heavy atom. The number of ether oxygens (including phenoxy) is 1. The van der Waals surface area contributed by atoms with E-state index in [2.05, 4.69) is 28.5 Å². The Labute approximate surface area is 100 Å². The van der Waals surface area contributed by atoms with E-state index in [0.717, 1.165) is 30.2 Å². The van der Waals surface area contributed by atoms with Crippen LogP contribution in [-0.2, 0) is 6.42 Å². The van der Waals surface area contributed by atoms with Crippen molar-refractivity contribution in [1.29, 1.82) is 0 Å². The molecule has 0 saturated carbocycles. The van der Waals surface area contributed by atoms with Gasteiger partial charge in [-0.3, -0.25) is 0 Å². The van der Waals surface area contributed by atoms with Crippen LogP contribution in [0.1, 0.15) is 5.56 Å². The van der Waals surface area contributed by atoms with Crippen LogP contribution >= 0.6 is 0 Å². The van der Waals surface area contributed by atoms with Crippen LogP contribution in [0.4, 0.5) is 5.82 Å². The molecule has 0 amide bonds. The summed E-state index contributed by atoms with van der Waals surface area (Å²) in [5.74, 6) is 1.91. The fourth-order valence-corrected chi connectivity index (χ4v) is 2.08. The molecule has 0 unspecified atom stereocenters. The average molecular weight is 226 g/mol. The molecule has 3 nitrogen and oxygen atoms in total. The molecule has 0 spiro atoms. The van der Waals surface area contributed by atoms with Gasteiger partial charge in [-0.1, -0.05) is 6.07 Å². The van der Waals surface area contributed by atoms with Crippen LogP contribution in [0.5, 0.6) is 5.75 Å². The van der Waals surface area contributed by atoms with E-state index in [1.54, 1.807) is 0 Å². The maximum Gasteiger partial charge on any atom is 0.125 e. The van der Waals surface area contributed by atoms with Crippen molar-refractivity contribution >= 4 is 5.82 Å². The summed E-state index contributed by atoms with van der Waals surface area (Å²) in [6.07, 6.45) is 2.90. The first-order valence-electron chi connectivity index (χ1n) is 5.77. The zero-order valence-corrected chi connectivity index (χ0v) is 9.73. The highest BCUT2D eigenvalue weighted by atomic mass is 16.5. The zero-order chi connectivity index (χ0) is 11.7. The lowest BCUT2D eigenvalue weighted by molar-refractivity contribution is 0.357. The van der Waals surface area contributed by atoms with Gasteiger partial charge < -0.3 is 10.1 Å². The Bertz CT molecular complexity index is 534. The summed E-state index contributed by atoms with van der Waals surface area (Å²) < 4.78 is 5.50. The number of nitrogens with zero attached hydrogens (tertiary/aromatic N) is 1. The van der Waals surface area contributed by atoms with Crippen LogP contribution in [-0.4, -0.2) is 18.6 Å². The molecule has 2 aromatic rings. The van der Waals surface area contributed by atoms with Crippen molar-refractivity contribution in [3.63, 3.8) is 0 Å². The number of hydrogen-bond acceptors (Lipinski definition) is 3. The molecule has 17 heavy (non-hydrogen) atoms. The second kappa shape index (κ2) is 4.09. The lowest BCUT2D eigenvalue weighted by Gasteiger charge is -2.05. The highest BCUT2D eigenvalue weighted by Gasteiger charge is 2.12. The average Bonchev–Trinajstić information content (AvgIpc) is 2.86. The molecule has 1 aromatic carbocycles. The first-order valence-corrected chi connectivity index (χ1v) is 5.77. The van der Waals surface area contributed by atoms with Gasteiger partial charge in [-0.2, -0.15) is 0 Å². The summed E-state index contributed by atoms with van der Waals surface area (Å²) in [5, 5.41) is 3.02. The number of aromatic nitrogens is 1. The molecule has 86 valence electrons. The third-order valence-electron chi connectivity index (χ3n) is 3.04. The molecule has 0 saturated heterocycles. The van der Waals surface area contributed by atoms with Crippen molar-refractivity contribution < 1.29 is 4.74 Å². The second-order valence-electron chi connectivity index (χ2n) is 4.10. The number of pyridine rings is 1. The molecule has 2 heterocycles. The minimum Gasteiger partial charge on any atom is -0.493 e. The van der Waals surface area contributed by atoms with Gasteiger partial charge in [0.25, 0.3) is 0 Å². The van der Waals surface area contributed by atoms with Crippen LogP contribution in [0.15, 0.2) is 36.5 Å². The van der Waals surface area contributed by atoms with Crippen LogP contribution in [0.3, 0.4) is 0 Å². The van der Waals surface area contributed by atoms with Crippen LogP contribution in [0, 0.1) is 0 Å². The molecule has 1 aliphatic heterocycles. The van der Waals surface area contributed by atoms with Crippen molar-refractivity contribution in [3.8, 4) is 16.9 Å². The topological polar surface area (TPSA) is 34.1 Å². The summed E-state index contributed by atoms with van der Waals surface area (Å²) >= 11 is 0. The molecule has 1 aromatic heterocycles. The minimum absolute atomic E-state index is 0.801. The van der Waals surface area contributed by atoms with E-state index in [9.17, 15) is 0 Å².